The molecule has 0 heterocycles. The van der Waals surface area contributed by atoms with E-state index < -0.39 is 18.0 Å². The molecule has 0 saturated heterocycles. The molecule has 3 nitrogen and oxygen atoms in total. The third-order valence-corrected chi connectivity index (χ3v) is 4.52. The van der Waals surface area contributed by atoms with Gasteiger partial charge < -0.3 is 10.5 Å². The van der Waals surface area contributed by atoms with Crippen LogP contribution in [0.3, 0.4) is 0 Å². The van der Waals surface area contributed by atoms with Gasteiger partial charge >= 0.3 is 12.1 Å². The Hall–Kier alpha value is -0.430. The number of thioether (sulfide) groups is 1. The predicted octanol–water partition coefficient (Wildman–Crippen LogP) is 1.95. The summed E-state index contributed by atoms with van der Waals surface area (Å²) in [5, 5.41) is -1.54. The number of carbonyl (C=O) groups excluding carboxylic acids is 1. The fourth-order valence-electron chi connectivity index (χ4n) is 1.50. The zero-order chi connectivity index (χ0) is 13.1. The Bertz CT molecular complexity index is 279. The molecule has 1 aliphatic carbocycles. The van der Waals surface area contributed by atoms with Gasteiger partial charge in [-0.05, 0) is 18.3 Å². The van der Waals surface area contributed by atoms with Crippen molar-refractivity contribution < 1.29 is 22.7 Å². The first-order valence-electron chi connectivity index (χ1n) is 5.28. The van der Waals surface area contributed by atoms with E-state index in [2.05, 4.69) is 4.74 Å². The Balaban J connectivity index is 2.42. The third-order valence-electron chi connectivity index (χ3n) is 2.87. The normalized spacial score (nSPS) is 19.8. The number of carbonyl (C=O) groups is 1. The van der Waals surface area contributed by atoms with Crippen molar-refractivity contribution >= 4 is 17.7 Å². The molecule has 0 spiro atoms. The highest BCUT2D eigenvalue weighted by atomic mass is 32.2. The largest absolute Gasteiger partial charge is 0.469 e. The molecular weight excluding hydrogens is 255 g/mol. The molecule has 2 N–H and O–H groups in total. The summed E-state index contributed by atoms with van der Waals surface area (Å²) in [6, 6.07) is 0. The SMILES string of the molecule is COC(=O)CC1(CSC(CN)C(F)(F)F)CC1. The quantitative estimate of drug-likeness (QED) is 0.750. The molecule has 0 radical (unpaired) electrons. The molecule has 1 aliphatic rings. The molecular formula is C10H16F3NO2S. The number of ether oxygens (including phenoxy) is 1. The standard InChI is InChI=1S/C10H16F3NO2S/c1-16-8(15)4-9(2-3-9)6-17-7(5-14)10(11,12)13/h7H,2-6,14H2,1H3. The summed E-state index contributed by atoms with van der Waals surface area (Å²) >= 11 is 0.793. The minimum atomic E-state index is -4.28. The van der Waals surface area contributed by atoms with Crippen molar-refractivity contribution in [3.05, 3.63) is 0 Å². The molecule has 0 bridgehead atoms. The van der Waals surface area contributed by atoms with Gasteiger partial charge in [0.05, 0.1) is 13.5 Å². The molecule has 0 aliphatic heterocycles. The number of hydrogen-bond donors (Lipinski definition) is 1. The summed E-state index contributed by atoms with van der Waals surface area (Å²) in [5.41, 5.74) is 4.81. The highest BCUT2D eigenvalue weighted by Gasteiger charge is 2.47. The number of halogens is 3. The van der Waals surface area contributed by atoms with Crippen LogP contribution < -0.4 is 5.73 Å². The molecule has 1 saturated carbocycles. The van der Waals surface area contributed by atoms with Crippen molar-refractivity contribution in [1.29, 1.82) is 0 Å². The van der Waals surface area contributed by atoms with Crippen LogP contribution in [0.15, 0.2) is 0 Å². The van der Waals surface area contributed by atoms with Gasteiger partial charge in [-0.2, -0.15) is 13.2 Å². The van der Waals surface area contributed by atoms with E-state index in [1.54, 1.807) is 0 Å². The van der Waals surface area contributed by atoms with Gasteiger partial charge in [0, 0.05) is 12.3 Å². The van der Waals surface area contributed by atoms with Crippen LogP contribution in [-0.2, 0) is 9.53 Å². The van der Waals surface area contributed by atoms with E-state index in [0.717, 1.165) is 24.6 Å². The van der Waals surface area contributed by atoms with Gasteiger partial charge in [0.15, 0.2) is 0 Å². The number of hydrogen-bond acceptors (Lipinski definition) is 4. The van der Waals surface area contributed by atoms with Crippen LogP contribution in [0, 0.1) is 5.41 Å². The lowest BCUT2D eigenvalue weighted by Gasteiger charge is -2.21. The average Bonchev–Trinajstić information content (AvgIpc) is 2.97. The minimum Gasteiger partial charge on any atom is -0.469 e. The number of rotatable bonds is 6. The second-order valence-corrected chi connectivity index (χ2v) is 5.52. The van der Waals surface area contributed by atoms with Gasteiger partial charge in [-0.25, -0.2) is 0 Å². The van der Waals surface area contributed by atoms with Gasteiger partial charge in [0.2, 0.25) is 0 Å². The zero-order valence-corrected chi connectivity index (χ0v) is 10.4. The topological polar surface area (TPSA) is 52.3 Å². The van der Waals surface area contributed by atoms with E-state index in [9.17, 15) is 18.0 Å². The summed E-state index contributed by atoms with van der Waals surface area (Å²) in [5.74, 6) is -0.0527. The van der Waals surface area contributed by atoms with Crippen molar-refractivity contribution in [3.63, 3.8) is 0 Å². The van der Waals surface area contributed by atoms with Crippen LogP contribution in [0.2, 0.25) is 0 Å². The smallest absolute Gasteiger partial charge is 0.401 e. The van der Waals surface area contributed by atoms with E-state index in [0.29, 0.717) is 5.75 Å². The number of nitrogens with two attached hydrogens (primary N) is 1. The van der Waals surface area contributed by atoms with Gasteiger partial charge in [0.25, 0.3) is 0 Å². The Morgan fingerprint density at radius 1 is 1.53 bits per heavy atom. The molecule has 100 valence electrons. The molecule has 1 fully saturated rings. The molecule has 0 amide bonds. The van der Waals surface area contributed by atoms with Crippen molar-refractivity contribution in [2.75, 3.05) is 19.4 Å². The first-order chi connectivity index (χ1) is 7.83. The van der Waals surface area contributed by atoms with E-state index in [4.69, 9.17) is 5.73 Å². The third kappa shape index (κ3) is 4.39. The molecule has 0 aromatic carbocycles. The maximum atomic E-state index is 12.5. The van der Waals surface area contributed by atoms with Crippen LogP contribution in [0.1, 0.15) is 19.3 Å². The number of esters is 1. The van der Waals surface area contributed by atoms with Gasteiger partial charge in [0.1, 0.15) is 5.25 Å². The monoisotopic (exact) mass is 271 g/mol. The molecule has 1 unspecified atom stereocenters. The second-order valence-electron chi connectivity index (χ2n) is 4.33. The summed E-state index contributed by atoms with van der Waals surface area (Å²) < 4.78 is 41.9. The first-order valence-corrected chi connectivity index (χ1v) is 6.33. The molecule has 0 aromatic rings. The summed E-state index contributed by atoms with van der Waals surface area (Å²) in [4.78, 5) is 11.1. The summed E-state index contributed by atoms with van der Waals surface area (Å²) in [7, 11) is 1.28. The van der Waals surface area contributed by atoms with Crippen molar-refractivity contribution in [2.24, 2.45) is 11.1 Å². The fraction of sp³-hybridized carbons (Fsp3) is 0.900. The lowest BCUT2D eigenvalue weighted by molar-refractivity contribution is -0.141. The molecule has 1 rings (SSSR count). The first kappa shape index (κ1) is 14.6. The van der Waals surface area contributed by atoms with Crippen LogP contribution in [0.4, 0.5) is 13.2 Å². The molecule has 0 aromatic heterocycles. The molecule has 7 heteroatoms. The van der Waals surface area contributed by atoms with Crippen LogP contribution in [-0.4, -0.2) is 36.8 Å². The second kappa shape index (κ2) is 5.48. The van der Waals surface area contributed by atoms with Crippen molar-refractivity contribution in [3.8, 4) is 0 Å². The number of methoxy groups -OCH3 is 1. The zero-order valence-electron chi connectivity index (χ0n) is 9.55. The fourth-order valence-corrected chi connectivity index (χ4v) is 2.77. The Morgan fingerprint density at radius 2 is 2.12 bits per heavy atom. The highest BCUT2D eigenvalue weighted by Crippen LogP contribution is 2.52. The maximum Gasteiger partial charge on any atom is 0.401 e. The average molecular weight is 271 g/mol. The van der Waals surface area contributed by atoms with Crippen LogP contribution in [0.5, 0.6) is 0 Å². The minimum absolute atomic E-state index is 0.200. The van der Waals surface area contributed by atoms with E-state index >= 15 is 0 Å². The van der Waals surface area contributed by atoms with Crippen molar-refractivity contribution in [1.82, 2.24) is 0 Å². The van der Waals surface area contributed by atoms with E-state index in [1.807, 2.05) is 0 Å². The Morgan fingerprint density at radius 3 is 2.47 bits per heavy atom. The van der Waals surface area contributed by atoms with Crippen LogP contribution >= 0.6 is 11.8 Å². The maximum absolute atomic E-state index is 12.5. The molecule has 1 atom stereocenters. The van der Waals surface area contributed by atoms with Gasteiger partial charge in [-0.3, -0.25) is 4.79 Å². The number of alkyl halides is 3. The van der Waals surface area contributed by atoms with Gasteiger partial charge in [-0.15, -0.1) is 11.8 Å². The van der Waals surface area contributed by atoms with Gasteiger partial charge in [-0.1, -0.05) is 0 Å². The van der Waals surface area contributed by atoms with E-state index in [-0.39, 0.29) is 17.8 Å². The highest BCUT2D eigenvalue weighted by molar-refractivity contribution is 8.00. The summed E-state index contributed by atoms with van der Waals surface area (Å²) in [6.07, 6.45) is -2.51. The van der Waals surface area contributed by atoms with E-state index in [1.165, 1.54) is 7.11 Å². The molecule has 17 heavy (non-hydrogen) atoms. The summed E-state index contributed by atoms with van der Waals surface area (Å²) in [6.45, 7) is -0.428. The Kier molecular flexibility index (Phi) is 4.71. The lowest BCUT2D eigenvalue weighted by Crippen LogP contribution is -2.34. The predicted molar refractivity (Wildman–Crippen MR) is 59.7 cm³/mol. The van der Waals surface area contributed by atoms with Crippen LogP contribution in [0.25, 0.3) is 0 Å². The lowest BCUT2D eigenvalue weighted by atomic mass is 10.1. The van der Waals surface area contributed by atoms with Crippen molar-refractivity contribution in [2.45, 2.75) is 30.7 Å². The Labute approximate surface area is 102 Å².